The van der Waals surface area contributed by atoms with Crippen LogP contribution in [0.25, 0.3) is 0 Å². The van der Waals surface area contributed by atoms with Crippen molar-refractivity contribution in [1.29, 1.82) is 0 Å². The van der Waals surface area contributed by atoms with Gasteiger partial charge in [-0.1, -0.05) is 13.8 Å². The van der Waals surface area contributed by atoms with Crippen LogP contribution in [0.1, 0.15) is 24.2 Å². The standard InChI is InChI=1S/C12H15FO3/c1-8(2)7-16-12-9(6-14)4-10(13)5-11(12)15-3/h4-6,8H,7H2,1-3H3. The van der Waals surface area contributed by atoms with Gasteiger partial charge in [0.1, 0.15) is 5.82 Å². The van der Waals surface area contributed by atoms with Gasteiger partial charge in [0, 0.05) is 6.07 Å². The van der Waals surface area contributed by atoms with Crippen molar-refractivity contribution in [2.24, 2.45) is 5.92 Å². The summed E-state index contributed by atoms with van der Waals surface area (Å²) in [6, 6.07) is 2.33. The van der Waals surface area contributed by atoms with Crippen molar-refractivity contribution in [1.82, 2.24) is 0 Å². The average molecular weight is 226 g/mol. The second kappa shape index (κ2) is 5.49. The van der Waals surface area contributed by atoms with Crippen molar-refractivity contribution in [3.63, 3.8) is 0 Å². The average Bonchev–Trinajstić information content (AvgIpc) is 2.25. The van der Waals surface area contributed by atoms with E-state index in [0.717, 1.165) is 6.07 Å². The summed E-state index contributed by atoms with van der Waals surface area (Å²) in [6.45, 7) is 4.41. The molecular formula is C12H15FO3. The molecule has 0 N–H and O–H groups in total. The summed E-state index contributed by atoms with van der Waals surface area (Å²) in [5.41, 5.74) is 0.164. The number of hydrogen-bond donors (Lipinski definition) is 0. The van der Waals surface area contributed by atoms with Gasteiger partial charge in [0.05, 0.1) is 19.3 Å². The van der Waals surface area contributed by atoms with E-state index in [-0.39, 0.29) is 11.3 Å². The zero-order chi connectivity index (χ0) is 12.1. The van der Waals surface area contributed by atoms with Crippen molar-refractivity contribution < 1.29 is 18.7 Å². The molecule has 0 atom stereocenters. The van der Waals surface area contributed by atoms with Gasteiger partial charge in [-0.15, -0.1) is 0 Å². The fourth-order valence-corrected chi connectivity index (χ4v) is 1.23. The van der Waals surface area contributed by atoms with Crippen LogP contribution in [-0.2, 0) is 0 Å². The van der Waals surface area contributed by atoms with Crippen molar-refractivity contribution >= 4 is 6.29 Å². The quantitative estimate of drug-likeness (QED) is 0.724. The summed E-state index contributed by atoms with van der Waals surface area (Å²) in [7, 11) is 1.41. The van der Waals surface area contributed by atoms with Gasteiger partial charge in [-0.05, 0) is 12.0 Å². The highest BCUT2D eigenvalue weighted by molar-refractivity contribution is 5.81. The van der Waals surface area contributed by atoms with E-state index in [1.807, 2.05) is 13.8 Å². The first kappa shape index (κ1) is 12.5. The molecule has 88 valence electrons. The maximum Gasteiger partial charge on any atom is 0.171 e. The second-order valence-electron chi connectivity index (χ2n) is 3.85. The van der Waals surface area contributed by atoms with Crippen molar-refractivity contribution in [2.75, 3.05) is 13.7 Å². The number of aldehydes is 1. The van der Waals surface area contributed by atoms with Crippen LogP contribution in [0.3, 0.4) is 0 Å². The molecule has 0 amide bonds. The lowest BCUT2D eigenvalue weighted by atomic mass is 10.2. The molecule has 0 fully saturated rings. The van der Waals surface area contributed by atoms with Gasteiger partial charge in [-0.2, -0.15) is 0 Å². The molecule has 0 unspecified atom stereocenters. The van der Waals surface area contributed by atoms with Crippen LogP contribution in [0.4, 0.5) is 4.39 Å². The van der Waals surface area contributed by atoms with Gasteiger partial charge in [-0.3, -0.25) is 4.79 Å². The number of ether oxygens (including phenoxy) is 2. The van der Waals surface area contributed by atoms with Gasteiger partial charge in [0.2, 0.25) is 0 Å². The van der Waals surface area contributed by atoms with Gasteiger partial charge >= 0.3 is 0 Å². The molecule has 1 aromatic carbocycles. The van der Waals surface area contributed by atoms with E-state index in [1.165, 1.54) is 13.2 Å². The largest absolute Gasteiger partial charge is 0.493 e. The van der Waals surface area contributed by atoms with Crippen LogP contribution in [0, 0.1) is 11.7 Å². The Morgan fingerprint density at radius 1 is 1.44 bits per heavy atom. The SMILES string of the molecule is COc1cc(F)cc(C=O)c1OCC(C)C. The zero-order valence-electron chi connectivity index (χ0n) is 9.62. The Labute approximate surface area is 94.2 Å². The first-order valence-electron chi connectivity index (χ1n) is 5.04. The lowest BCUT2D eigenvalue weighted by Crippen LogP contribution is -2.07. The minimum Gasteiger partial charge on any atom is -0.493 e. The Balaban J connectivity index is 3.06. The van der Waals surface area contributed by atoms with Gasteiger partial charge < -0.3 is 9.47 Å². The lowest BCUT2D eigenvalue weighted by molar-refractivity contribution is 0.111. The normalized spacial score (nSPS) is 10.3. The molecule has 0 heterocycles. The summed E-state index contributed by atoms with van der Waals surface area (Å²) in [4.78, 5) is 10.8. The Morgan fingerprint density at radius 2 is 2.12 bits per heavy atom. The van der Waals surface area contributed by atoms with E-state index in [9.17, 15) is 9.18 Å². The minimum absolute atomic E-state index is 0.164. The predicted octanol–water partition coefficient (Wildman–Crippen LogP) is 2.68. The summed E-state index contributed by atoms with van der Waals surface area (Å²) >= 11 is 0. The number of halogens is 1. The van der Waals surface area contributed by atoms with Gasteiger partial charge in [-0.25, -0.2) is 4.39 Å². The lowest BCUT2D eigenvalue weighted by Gasteiger charge is -2.14. The Hall–Kier alpha value is -1.58. The van der Waals surface area contributed by atoms with E-state index in [1.54, 1.807) is 0 Å². The van der Waals surface area contributed by atoms with E-state index in [4.69, 9.17) is 9.47 Å². The van der Waals surface area contributed by atoms with Crippen molar-refractivity contribution in [2.45, 2.75) is 13.8 Å². The van der Waals surface area contributed by atoms with Crippen LogP contribution < -0.4 is 9.47 Å². The maximum absolute atomic E-state index is 13.1. The first-order valence-corrected chi connectivity index (χ1v) is 5.04. The smallest absolute Gasteiger partial charge is 0.171 e. The molecule has 0 spiro atoms. The van der Waals surface area contributed by atoms with Crippen molar-refractivity contribution in [3.8, 4) is 11.5 Å². The molecule has 0 aliphatic heterocycles. The van der Waals surface area contributed by atoms with E-state index >= 15 is 0 Å². The fourth-order valence-electron chi connectivity index (χ4n) is 1.23. The number of benzene rings is 1. The topological polar surface area (TPSA) is 35.5 Å². The Bertz CT molecular complexity index is 375. The molecule has 0 aromatic heterocycles. The van der Waals surface area contributed by atoms with Crippen LogP contribution in [0.15, 0.2) is 12.1 Å². The Kier molecular flexibility index (Phi) is 4.28. The number of methoxy groups -OCH3 is 1. The van der Waals surface area contributed by atoms with Gasteiger partial charge in [0.25, 0.3) is 0 Å². The van der Waals surface area contributed by atoms with E-state index < -0.39 is 5.82 Å². The molecule has 0 aliphatic rings. The van der Waals surface area contributed by atoms with Gasteiger partial charge in [0.15, 0.2) is 17.8 Å². The molecule has 0 aliphatic carbocycles. The van der Waals surface area contributed by atoms with Crippen LogP contribution in [0.5, 0.6) is 11.5 Å². The highest BCUT2D eigenvalue weighted by Gasteiger charge is 2.13. The molecule has 16 heavy (non-hydrogen) atoms. The summed E-state index contributed by atoms with van der Waals surface area (Å²) in [6.07, 6.45) is 0.557. The second-order valence-corrected chi connectivity index (χ2v) is 3.85. The third kappa shape index (κ3) is 2.95. The van der Waals surface area contributed by atoms with Crippen LogP contribution in [0.2, 0.25) is 0 Å². The summed E-state index contributed by atoms with van der Waals surface area (Å²) in [5, 5.41) is 0. The highest BCUT2D eigenvalue weighted by Crippen LogP contribution is 2.31. The molecule has 0 bridgehead atoms. The van der Waals surface area contributed by atoms with Crippen LogP contribution >= 0.6 is 0 Å². The number of hydrogen-bond acceptors (Lipinski definition) is 3. The molecule has 1 aromatic rings. The zero-order valence-corrected chi connectivity index (χ0v) is 9.62. The molecule has 0 radical (unpaired) electrons. The third-order valence-electron chi connectivity index (χ3n) is 1.96. The first-order chi connectivity index (χ1) is 7.58. The molecular weight excluding hydrogens is 211 g/mol. The number of carbonyl (C=O) groups excluding carboxylic acids is 1. The fraction of sp³-hybridized carbons (Fsp3) is 0.417. The van der Waals surface area contributed by atoms with Crippen LogP contribution in [-0.4, -0.2) is 20.0 Å². The highest BCUT2D eigenvalue weighted by atomic mass is 19.1. The number of rotatable bonds is 5. The molecule has 0 saturated carbocycles. The third-order valence-corrected chi connectivity index (χ3v) is 1.96. The summed E-state index contributed by atoms with van der Waals surface area (Å²) < 4.78 is 23.5. The molecule has 4 heteroatoms. The molecule has 1 rings (SSSR count). The van der Waals surface area contributed by atoms with Crippen molar-refractivity contribution in [3.05, 3.63) is 23.5 Å². The van der Waals surface area contributed by atoms with E-state index in [0.29, 0.717) is 24.6 Å². The Morgan fingerprint density at radius 3 is 2.62 bits per heavy atom. The molecule has 0 saturated heterocycles. The maximum atomic E-state index is 13.1. The number of carbonyl (C=O) groups is 1. The van der Waals surface area contributed by atoms with E-state index in [2.05, 4.69) is 0 Å². The monoisotopic (exact) mass is 226 g/mol. The summed E-state index contributed by atoms with van der Waals surface area (Å²) in [5.74, 6) is 0.334. The predicted molar refractivity (Wildman–Crippen MR) is 58.7 cm³/mol. The molecule has 3 nitrogen and oxygen atoms in total. The minimum atomic E-state index is -0.518.